The molecule has 1 atom stereocenters. The van der Waals surface area contributed by atoms with Gasteiger partial charge in [-0.3, -0.25) is 4.79 Å². The Morgan fingerprint density at radius 1 is 1.38 bits per heavy atom. The van der Waals surface area contributed by atoms with E-state index >= 15 is 0 Å². The number of aryl methyl sites for hydroxylation is 1. The number of nitrogens with one attached hydrogen (secondary N) is 1. The SMILES string of the molecule is COCC(N)C(=O)Nc1nc(-c2ccc(OC(F)F)cc2)c(C)s1. The maximum absolute atomic E-state index is 12.2. The molecule has 2 rings (SSSR count). The second-order valence-corrected chi connectivity index (χ2v) is 6.08. The third kappa shape index (κ3) is 4.70. The van der Waals surface area contributed by atoms with Crippen molar-refractivity contribution in [2.45, 2.75) is 19.6 Å². The van der Waals surface area contributed by atoms with Crippen molar-refractivity contribution in [2.75, 3.05) is 19.0 Å². The van der Waals surface area contributed by atoms with Crippen molar-refractivity contribution in [3.63, 3.8) is 0 Å². The van der Waals surface area contributed by atoms with Gasteiger partial charge >= 0.3 is 6.61 Å². The van der Waals surface area contributed by atoms with E-state index in [2.05, 4.69) is 15.0 Å². The van der Waals surface area contributed by atoms with Crippen LogP contribution in [0.2, 0.25) is 0 Å². The molecule has 0 aliphatic rings. The lowest BCUT2D eigenvalue weighted by molar-refractivity contribution is -0.118. The number of halogens is 2. The van der Waals surface area contributed by atoms with Crippen LogP contribution in [0.15, 0.2) is 24.3 Å². The van der Waals surface area contributed by atoms with Gasteiger partial charge in [-0.05, 0) is 31.2 Å². The number of carbonyl (C=O) groups excluding carboxylic acids is 1. The van der Waals surface area contributed by atoms with Crippen molar-refractivity contribution >= 4 is 22.4 Å². The quantitative estimate of drug-likeness (QED) is 0.795. The molecule has 3 N–H and O–H groups in total. The lowest BCUT2D eigenvalue weighted by Crippen LogP contribution is -2.39. The van der Waals surface area contributed by atoms with Gasteiger partial charge in [0.25, 0.3) is 0 Å². The van der Waals surface area contributed by atoms with Crippen LogP contribution in [0, 0.1) is 6.92 Å². The highest BCUT2D eigenvalue weighted by molar-refractivity contribution is 7.16. The van der Waals surface area contributed by atoms with Crippen molar-refractivity contribution in [1.29, 1.82) is 0 Å². The molecule has 0 aliphatic carbocycles. The highest BCUT2D eigenvalue weighted by atomic mass is 32.1. The van der Waals surface area contributed by atoms with Crippen LogP contribution in [0.5, 0.6) is 5.75 Å². The Morgan fingerprint density at radius 2 is 2.04 bits per heavy atom. The average molecular weight is 357 g/mol. The van der Waals surface area contributed by atoms with Crippen LogP contribution in [0.4, 0.5) is 13.9 Å². The van der Waals surface area contributed by atoms with Gasteiger partial charge in [0.1, 0.15) is 11.8 Å². The molecule has 2 aromatic rings. The molecule has 1 amide bonds. The molecule has 9 heteroatoms. The molecule has 0 fully saturated rings. The number of aromatic nitrogens is 1. The number of nitrogens with zero attached hydrogens (tertiary/aromatic N) is 1. The minimum atomic E-state index is -2.87. The van der Waals surface area contributed by atoms with E-state index in [4.69, 9.17) is 10.5 Å². The number of anilines is 1. The first-order valence-corrected chi connectivity index (χ1v) is 7.80. The molecular weight excluding hydrogens is 340 g/mol. The van der Waals surface area contributed by atoms with Gasteiger partial charge in [0, 0.05) is 17.6 Å². The zero-order valence-electron chi connectivity index (χ0n) is 13.1. The van der Waals surface area contributed by atoms with E-state index < -0.39 is 18.6 Å². The average Bonchev–Trinajstić information content (AvgIpc) is 2.88. The standard InChI is InChI=1S/C15H17F2N3O3S/c1-8-12(9-3-5-10(6-4-9)23-14(16)17)19-15(24-8)20-13(21)11(18)7-22-2/h3-6,11,14H,7,18H2,1-2H3,(H,19,20,21). The maximum atomic E-state index is 12.2. The van der Waals surface area contributed by atoms with E-state index in [9.17, 15) is 13.6 Å². The topological polar surface area (TPSA) is 86.5 Å². The Hall–Kier alpha value is -2.10. The van der Waals surface area contributed by atoms with E-state index in [1.807, 2.05) is 6.92 Å². The number of thiazole rings is 1. The predicted octanol–water partition coefficient (Wildman–Crippen LogP) is 2.63. The number of methoxy groups -OCH3 is 1. The molecule has 130 valence electrons. The van der Waals surface area contributed by atoms with E-state index in [1.165, 1.54) is 30.6 Å². The van der Waals surface area contributed by atoms with E-state index in [0.717, 1.165) is 10.4 Å². The summed E-state index contributed by atoms with van der Waals surface area (Å²) in [6.07, 6.45) is 0. The summed E-state index contributed by atoms with van der Waals surface area (Å²) in [6, 6.07) is 5.35. The Labute approximate surface area is 141 Å². The Bertz CT molecular complexity index is 692. The number of hydrogen-bond acceptors (Lipinski definition) is 6. The number of alkyl halides is 2. The van der Waals surface area contributed by atoms with Gasteiger partial charge in [-0.2, -0.15) is 8.78 Å². The van der Waals surface area contributed by atoms with Gasteiger partial charge in [0.2, 0.25) is 5.91 Å². The molecule has 1 aromatic carbocycles. The number of benzene rings is 1. The molecule has 0 saturated heterocycles. The van der Waals surface area contributed by atoms with E-state index in [-0.39, 0.29) is 12.4 Å². The molecule has 24 heavy (non-hydrogen) atoms. The molecule has 0 aliphatic heterocycles. The van der Waals surface area contributed by atoms with Crippen LogP contribution in [-0.4, -0.2) is 37.3 Å². The zero-order chi connectivity index (χ0) is 17.7. The van der Waals surface area contributed by atoms with Gasteiger partial charge in [0.05, 0.1) is 12.3 Å². The molecule has 1 heterocycles. The van der Waals surface area contributed by atoms with E-state index in [1.54, 1.807) is 12.1 Å². The molecule has 6 nitrogen and oxygen atoms in total. The van der Waals surface area contributed by atoms with Gasteiger partial charge in [-0.15, -0.1) is 11.3 Å². The summed E-state index contributed by atoms with van der Waals surface area (Å²) in [7, 11) is 1.46. The number of ether oxygens (including phenoxy) is 2. The summed E-state index contributed by atoms with van der Waals surface area (Å²) in [6.45, 7) is -0.911. The lowest BCUT2D eigenvalue weighted by Gasteiger charge is -2.08. The fourth-order valence-electron chi connectivity index (χ4n) is 1.97. The molecular formula is C15H17F2N3O3S. The first-order chi connectivity index (χ1) is 11.4. The van der Waals surface area contributed by atoms with Gasteiger partial charge < -0.3 is 20.5 Å². The molecule has 1 unspecified atom stereocenters. The molecule has 0 radical (unpaired) electrons. The predicted molar refractivity (Wildman–Crippen MR) is 87.4 cm³/mol. The highest BCUT2D eigenvalue weighted by Crippen LogP contribution is 2.31. The second kappa shape index (κ2) is 8.13. The summed E-state index contributed by atoms with van der Waals surface area (Å²) in [5.41, 5.74) is 7.03. The zero-order valence-corrected chi connectivity index (χ0v) is 13.9. The lowest BCUT2D eigenvalue weighted by atomic mass is 10.1. The van der Waals surface area contributed by atoms with Crippen LogP contribution in [0.3, 0.4) is 0 Å². The molecule has 0 bridgehead atoms. The van der Waals surface area contributed by atoms with Crippen molar-refractivity contribution in [2.24, 2.45) is 5.73 Å². The van der Waals surface area contributed by atoms with Gasteiger partial charge in [-0.1, -0.05) is 0 Å². The number of nitrogens with two attached hydrogens (primary N) is 1. The normalized spacial score (nSPS) is 12.2. The smallest absolute Gasteiger partial charge is 0.387 e. The van der Waals surface area contributed by atoms with Crippen LogP contribution >= 0.6 is 11.3 Å². The van der Waals surface area contributed by atoms with Crippen LogP contribution in [-0.2, 0) is 9.53 Å². The Balaban J connectivity index is 2.12. The van der Waals surface area contributed by atoms with Crippen molar-refractivity contribution in [3.05, 3.63) is 29.1 Å². The van der Waals surface area contributed by atoms with Crippen LogP contribution in [0.1, 0.15) is 4.88 Å². The summed E-state index contributed by atoms with van der Waals surface area (Å²) >= 11 is 1.30. The molecule has 0 saturated carbocycles. The van der Waals surface area contributed by atoms with Crippen molar-refractivity contribution < 1.29 is 23.0 Å². The third-order valence-electron chi connectivity index (χ3n) is 3.06. The van der Waals surface area contributed by atoms with Crippen molar-refractivity contribution in [3.8, 4) is 17.0 Å². The number of hydrogen-bond donors (Lipinski definition) is 2. The fraction of sp³-hybridized carbons (Fsp3) is 0.333. The summed E-state index contributed by atoms with van der Waals surface area (Å²) in [4.78, 5) is 17.1. The Morgan fingerprint density at radius 3 is 2.62 bits per heavy atom. The first kappa shape index (κ1) is 18.2. The van der Waals surface area contributed by atoms with Crippen molar-refractivity contribution in [1.82, 2.24) is 4.98 Å². The first-order valence-electron chi connectivity index (χ1n) is 6.98. The maximum Gasteiger partial charge on any atom is 0.387 e. The fourth-order valence-corrected chi connectivity index (χ4v) is 2.80. The number of carbonyl (C=O) groups is 1. The third-order valence-corrected chi connectivity index (χ3v) is 3.95. The monoisotopic (exact) mass is 357 g/mol. The largest absolute Gasteiger partial charge is 0.435 e. The molecule has 0 spiro atoms. The second-order valence-electron chi connectivity index (χ2n) is 4.88. The van der Waals surface area contributed by atoms with Gasteiger partial charge in [-0.25, -0.2) is 4.98 Å². The minimum absolute atomic E-state index is 0.0701. The van der Waals surface area contributed by atoms with Gasteiger partial charge in [0.15, 0.2) is 5.13 Å². The molecule has 1 aromatic heterocycles. The van der Waals surface area contributed by atoms with E-state index in [0.29, 0.717) is 10.8 Å². The number of amides is 1. The summed E-state index contributed by atoms with van der Waals surface area (Å²) in [5.74, 6) is -0.321. The van der Waals surface area contributed by atoms with Crippen LogP contribution in [0.25, 0.3) is 11.3 Å². The Kier molecular flexibility index (Phi) is 6.18. The minimum Gasteiger partial charge on any atom is -0.435 e. The summed E-state index contributed by atoms with van der Waals surface area (Å²) < 4.78 is 33.5. The van der Waals surface area contributed by atoms with Crippen LogP contribution < -0.4 is 15.8 Å². The summed E-state index contributed by atoms with van der Waals surface area (Å²) in [5, 5.41) is 3.04. The highest BCUT2D eigenvalue weighted by Gasteiger charge is 2.17. The number of rotatable bonds is 7.